The smallest absolute Gasteiger partial charge is 0.263 e. The average molecular weight is 476 g/mol. The first-order valence-electron chi connectivity index (χ1n) is 11.4. The van der Waals surface area contributed by atoms with Gasteiger partial charge in [-0.2, -0.15) is 19.9 Å². The van der Waals surface area contributed by atoms with Crippen molar-refractivity contribution in [3.05, 3.63) is 106 Å². The van der Waals surface area contributed by atoms with E-state index in [0.29, 0.717) is 28.1 Å². The van der Waals surface area contributed by atoms with Gasteiger partial charge in [-0.15, -0.1) is 0 Å². The van der Waals surface area contributed by atoms with Crippen molar-refractivity contribution in [2.24, 2.45) is 0 Å². The number of aryl methyl sites for hydroxylation is 2. The zero-order chi connectivity index (χ0) is 24.8. The van der Waals surface area contributed by atoms with Crippen LogP contribution in [0.1, 0.15) is 21.6 Å². The minimum Gasteiger partial charge on any atom is -0.306 e. The lowest BCUT2D eigenvalue weighted by Crippen LogP contribution is -2.19. The lowest BCUT2D eigenvalue weighted by atomic mass is 10.1. The Labute approximate surface area is 205 Å². The van der Waals surface area contributed by atoms with E-state index in [4.69, 9.17) is 0 Å². The molecule has 0 aliphatic carbocycles. The first-order chi connectivity index (χ1) is 17.5. The van der Waals surface area contributed by atoms with Crippen molar-refractivity contribution in [2.45, 2.75) is 13.8 Å². The predicted molar refractivity (Wildman–Crippen MR) is 138 cm³/mol. The third kappa shape index (κ3) is 3.72. The molecular formula is C27H21N7O2. The number of anilines is 1. The van der Waals surface area contributed by atoms with Gasteiger partial charge in [0.15, 0.2) is 5.65 Å². The van der Waals surface area contributed by atoms with E-state index in [2.05, 4.69) is 25.5 Å². The summed E-state index contributed by atoms with van der Waals surface area (Å²) in [6.07, 6.45) is 1.49. The molecule has 0 spiro atoms. The highest BCUT2D eigenvalue weighted by Gasteiger charge is 2.17. The maximum absolute atomic E-state index is 13.1. The summed E-state index contributed by atoms with van der Waals surface area (Å²) in [6, 6.07) is 22.9. The van der Waals surface area contributed by atoms with E-state index in [1.54, 1.807) is 23.7 Å². The zero-order valence-electron chi connectivity index (χ0n) is 19.6. The lowest BCUT2D eigenvalue weighted by molar-refractivity contribution is 0.102. The van der Waals surface area contributed by atoms with Crippen LogP contribution in [0.3, 0.4) is 0 Å². The van der Waals surface area contributed by atoms with Crippen LogP contribution in [0, 0.1) is 13.8 Å². The molecule has 0 aliphatic rings. The second kappa shape index (κ2) is 8.31. The normalized spacial score (nSPS) is 11.3. The van der Waals surface area contributed by atoms with E-state index in [1.165, 1.54) is 10.9 Å². The quantitative estimate of drug-likeness (QED) is 0.395. The second-order valence-corrected chi connectivity index (χ2v) is 8.62. The fraction of sp³-hybridized carbons (Fsp3) is 0.0741. The van der Waals surface area contributed by atoms with Crippen LogP contribution in [0.25, 0.3) is 33.4 Å². The molecule has 0 unspecified atom stereocenters. The molecule has 0 radical (unpaired) electrons. The van der Waals surface area contributed by atoms with Crippen LogP contribution in [-0.2, 0) is 0 Å². The summed E-state index contributed by atoms with van der Waals surface area (Å²) in [7, 11) is 0. The Morgan fingerprint density at radius 1 is 0.917 bits per heavy atom. The molecule has 0 saturated heterocycles. The van der Waals surface area contributed by atoms with Gasteiger partial charge in [-0.3, -0.25) is 14.6 Å². The molecule has 0 saturated carbocycles. The molecule has 3 heterocycles. The van der Waals surface area contributed by atoms with Gasteiger partial charge in [-0.25, -0.2) is 4.68 Å². The number of hydrogen-bond acceptors (Lipinski definition) is 5. The molecule has 176 valence electrons. The molecule has 9 nitrogen and oxygen atoms in total. The van der Waals surface area contributed by atoms with Crippen molar-refractivity contribution < 1.29 is 4.79 Å². The van der Waals surface area contributed by atoms with Gasteiger partial charge in [0.1, 0.15) is 11.2 Å². The molecule has 0 fully saturated rings. The van der Waals surface area contributed by atoms with E-state index >= 15 is 0 Å². The first-order valence-corrected chi connectivity index (χ1v) is 11.4. The number of aromatic amines is 1. The van der Waals surface area contributed by atoms with Crippen LogP contribution in [0.2, 0.25) is 0 Å². The number of benzene rings is 3. The Bertz CT molecular complexity index is 1830. The Kier molecular flexibility index (Phi) is 4.96. The van der Waals surface area contributed by atoms with Crippen LogP contribution in [-0.4, -0.2) is 35.4 Å². The zero-order valence-corrected chi connectivity index (χ0v) is 19.6. The third-order valence-electron chi connectivity index (χ3n) is 5.99. The third-order valence-corrected chi connectivity index (χ3v) is 5.99. The number of hydrogen-bond donors (Lipinski definition) is 2. The van der Waals surface area contributed by atoms with Crippen molar-refractivity contribution in [3.63, 3.8) is 0 Å². The summed E-state index contributed by atoms with van der Waals surface area (Å²) >= 11 is 0. The monoisotopic (exact) mass is 475 g/mol. The van der Waals surface area contributed by atoms with E-state index in [9.17, 15) is 9.59 Å². The van der Waals surface area contributed by atoms with Crippen molar-refractivity contribution in [2.75, 3.05) is 5.32 Å². The minimum absolute atomic E-state index is 0.170. The maximum atomic E-state index is 13.1. The molecule has 0 bridgehead atoms. The summed E-state index contributed by atoms with van der Waals surface area (Å²) in [5.74, 6) is 0.257. The van der Waals surface area contributed by atoms with Crippen molar-refractivity contribution in [1.82, 2.24) is 29.5 Å². The average Bonchev–Trinajstić information content (AvgIpc) is 3.47. The fourth-order valence-electron chi connectivity index (χ4n) is 4.15. The van der Waals surface area contributed by atoms with E-state index in [1.807, 2.05) is 67.6 Å². The second-order valence-electron chi connectivity index (χ2n) is 8.62. The number of H-pyrrole nitrogens is 1. The summed E-state index contributed by atoms with van der Waals surface area (Å²) < 4.78 is 3.03. The van der Waals surface area contributed by atoms with Crippen LogP contribution in [0.4, 0.5) is 5.82 Å². The van der Waals surface area contributed by atoms with Gasteiger partial charge in [0.25, 0.3) is 11.5 Å². The van der Waals surface area contributed by atoms with Gasteiger partial charge in [-0.05, 0) is 48.9 Å². The summed E-state index contributed by atoms with van der Waals surface area (Å²) in [4.78, 5) is 33.4. The Morgan fingerprint density at radius 2 is 1.69 bits per heavy atom. The molecule has 2 N–H and O–H groups in total. The summed E-state index contributed by atoms with van der Waals surface area (Å²) in [6.45, 7) is 3.80. The van der Waals surface area contributed by atoms with Crippen LogP contribution < -0.4 is 10.9 Å². The van der Waals surface area contributed by atoms with Crippen molar-refractivity contribution in [1.29, 1.82) is 0 Å². The van der Waals surface area contributed by atoms with Crippen LogP contribution in [0.5, 0.6) is 0 Å². The molecule has 9 heteroatoms. The molecule has 6 rings (SSSR count). The number of nitrogens with one attached hydrogen (secondary N) is 2. The summed E-state index contributed by atoms with van der Waals surface area (Å²) in [5.41, 5.74) is 3.08. The van der Waals surface area contributed by atoms with Gasteiger partial charge in [-0.1, -0.05) is 48.0 Å². The number of rotatable bonds is 4. The van der Waals surface area contributed by atoms with Gasteiger partial charge in [0.2, 0.25) is 5.95 Å². The molecular weight excluding hydrogens is 454 g/mol. The number of carbonyl (C=O) groups is 1. The largest absolute Gasteiger partial charge is 0.306 e. The van der Waals surface area contributed by atoms with Gasteiger partial charge >= 0.3 is 0 Å². The Morgan fingerprint density at radius 3 is 2.50 bits per heavy atom. The number of carbonyl (C=O) groups excluding carboxylic acids is 1. The molecule has 0 atom stereocenters. The van der Waals surface area contributed by atoms with Crippen molar-refractivity contribution >= 4 is 33.5 Å². The fourth-order valence-corrected chi connectivity index (χ4v) is 4.15. The minimum atomic E-state index is -0.353. The summed E-state index contributed by atoms with van der Waals surface area (Å²) in [5, 5.41) is 14.1. The number of aromatic nitrogens is 6. The topological polar surface area (TPSA) is 110 Å². The highest BCUT2D eigenvalue weighted by atomic mass is 16.2. The van der Waals surface area contributed by atoms with Gasteiger partial charge < -0.3 is 5.32 Å². The Balaban J connectivity index is 1.40. The number of fused-ring (bicyclic) bond motifs is 2. The predicted octanol–water partition coefficient (Wildman–Crippen LogP) is 4.32. The molecule has 0 aliphatic heterocycles. The van der Waals surface area contributed by atoms with E-state index < -0.39 is 0 Å². The van der Waals surface area contributed by atoms with Gasteiger partial charge in [0.05, 0.1) is 17.6 Å². The number of nitrogens with zero attached hydrogens (tertiary/aromatic N) is 5. The molecule has 36 heavy (non-hydrogen) atoms. The van der Waals surface area contributed by atoms with E-state index in [-0.39, 0.29) is 17.4 Å². The highest BCUT2D eigenvalue weighted by molar-refractivity contribution is 6.06. The molecule has 6 aromatic rings. The van der Waals surface area contributed by atoms with Crippen molar-refractivity contribution in [3.8, 4) is 11.6 Å². The molecule has 3 aromatic heterocycles. The van der Waals surface area contributed by atoms with E-state index in [0.717, 1.165) is 22.0 Å². The highest BCUT2D eigenvalue weighted by Crippen LogP contribution is 2.20. The first kappa shape index (κ1) is 21.5. The number of amides is 1. The Hall–Kier alpha value is -5.05. The SMILES string of the molecule is Cc1ccc(-n2ncc3c(=O)[nH]c(-n4nc(C)cc4NC(=O)c4ccc5ccccc5c4)nc32)cc1. The maximum Gasteiger partial charge on any atom is 0.263 e. The molecule has 3 aromatic carbocycles. The lowest BCUT2D eigenvalue weighted by Gasteiger charge is -2.09. The van der Waals surface area contributed by atoms with Crippen LogP contribution in [0.15, 0.2) is 83.8 Å². The molecule has 1 amide bonds. The van der Waals surface area contributed by atoms with Gasteiger partial charge in [0, 0.05) is 11.6 Å². The standard InChI is InChI=1S/C27H21N7O2/c1-16-7-11-21(12-8-16)33-24-22(15-28-33)26(36)31-27(30-24)34-23(13-17(2)32-34)29-25(35)20-10-9-18-5-3-4-6-19(18)14-20/h3-15H,1-2H3,(H,29,35)(H,30,31,36). The van der Waals surface area contributed by atoms with Crippen LogP contribution >= 0.6 is 0 Å².